The minimum absolute atomic E-state index is 0.584. The van der Waals surface area contributed by atoms with Crippen LogP contribution >= 0.6 is 0 Å². The van der Waals surface area contributed by atoms with E-state index in [9.17, 15) is 0 Å². The van der Waals surface area contributed by atoms with Gasteiger partial charge in [-0.3, -0.25) is 4.98 Å². The van der Waals surface area contributed by atoms with Gasteiger partial charge in [-0.2, -0.15) is 5.26 Å². The molecule has 0 fully saturated rings. The van der Waals surface area contributed by atoms with Gasteiger partial charge in [-0.05, 0) is 35.4 Å². The second-order valence-electron chi connectivity index (χ2n) is 3.15. The molecule has 2 rings (SSSR count). The molecule has 0 saturated carbocycles. The van der Waals surface area contributed by atoms with Crippen LogP contribution in [0.2, 0.25) is 0 Å². The summed E-state index contributed by atoms with van der Waals surface area (Å²) >= 11 is 0. The Labute approximate surface area is 87.8 Å². The summed E-state index contributed by atoms with van der Waals surface area (Å²) in [5.41, 5.74) is 8.66. The van der Waals surface area contributed by atoms with E-state index in [1.807, 2.05) is 18.2 Å². The van der Waals surface area contributed by atoms with E-state index < -0.39 is 0 Å². The van der Waals surface area contributed by atoms with E-state index in [1.54, 1.807) is 24.5 Å². The maximum absolute atomic E-state index is 8.98. The number of nitrogen functional groups attached to an aromatic ring is 1. The summed E-state index contributed by atoms with van der Waals surface area (Å²) in [7, 11) is 0. The van der Waals surface area contributed by atoms with E-state index in [1.165, 1.54) is 0 Å². The molecule has 2 aromatic rings. The van der Waals surface area contributed by atoms with Gasteiger partial charge in [-0.15, -0.1) is 0 Å². The van der Waals surface area contributed by atoms with Crippen LogP contribution in [0.5, 0.6) is 0 Å². The summed E-state index contributed by atoms with van der Waals surface area (Å²) in [4.78, 5) is 3.94. The standard InChI is InChI=1S/C12H9N3/c13-8-10-7-11(14)1-2-12(10)9-3-5-15-6-4-9/h1-7H,14H2. The average Bonchev–Trinajstić information content (AvgIpc) is 2.30. The Morgan fingerprint density at radius 2 is 1.87 bits per heavy atom. The van der Waals surface area contributed by atoms with Crippen LogP contribution in [0.4, 0.5) is 5.69 Å². The number of nitriles is 1. The molecule has 0 saturated heterocycles. The third kappa shape index (κ3) is 1.79. The van der Waals surface area contributed by atoms with E-state index >= 15 is 0 Å². The van der Waals surface area contributed by atoms with Crippen LogP contribution in [0.25, 0.3) is 11.1 Å². The summed E-state index contributed by atoms with van der Waals surface area (Å²) in [5.74, 6) is 0. The third-order valence-corrected chi connectivity index (χ3v) is 2.16. The topological polar surface area (TPSA) is 62.7 Å². The molecule has 1 aromatic heterocycles. The highest BCUT2D eigenvalue weighted by Gasteiger charge is 2.04. The van der Waals surface area contributed by atoms with Crippen molar-refractivity contribution >= 4 is 5.69 Å². The summed E-state index contributed by atoms with van der Waals surface area (Å²) in [6, 6.07) is 11.2. The summed E-state index contributed by atoms with van der Waals surface area (Å²) < 4.78 is 0. The predicted octanol–water partition coefficient (Wildman–Crippen LogP) is 2.20. The van der Waals surface area contributed by atoms with Gasteiger partial charge in [0, 0.05) is 18.1 Å². The van der Waals surface area contributed by atoms with Crippen molar-refractivity contribution in [3.8, 4) is 17.2 Å². The molecule has 0 aliphatic carbocycles. The quantitative estimate of drug-likeness (QED) is 0.709. The van der Waals surface area contributed by atoms with Crippen molar-refractivity contribution in [2.24, 2.45) is 0 Å². The Kier molecular flexibility index (Phi) is 2.34. The molecule has 0 unspecified atom stereocenters. The molecule has 3 heteroatoms. The van der Waals surface area contributed by atoms with Crippen molar-refractivity contribution in [2.45, 2.75) is 0 Å². The first-order valence-electron chi connectivity index (χ1n) is 4.51. The maximum Gasteiger partial charge on any atom is 0.0998 e. The Bertz CT molecular complexity index is 512. The monoisotopic (exact) mass is 195 g/mol. The molecular formula is C12H9N3. The van der Waals surface area contributed by atoms with Crippen LogP contribution in [0.1, 0.15) is 5.56 Å². The van der Waals surface area contributed by atoms with Gasteiger partial charge in [0.15, 0.2) is 0 Å². The van der Waals surface area contributed by atoms with Gasteiger partial charge in [-0.25, -0.2) is 0 Å². The van der Waals surface area contributed by atoms with Crippen molar-refractivity contribution in [1.82, 2.24) is 4.98 Å². The van der Waals surface area contributed by atoms with Crippen molar-refractivity contribution in [3.63, 3.8) is 0 Å². The second kappa shape index (κ2) is 3.81. The van der Waals surface area contributed by atoms with E-state index in [0.29, 0.717) is 11.3 Å². The molecule has 0 bridgehead atoms. The van der Waals surface area contributed by atoms with Crippen LogP contribution in [-0.4, -0.2) is 4.98 Å². The molecule has 1 aromatic carbocycles. The number of anilines is 1. The molecule has 0 radical (unpaired) electrons. The number of benzene rings is 1. The van der Waals surface area contributed by atoms with Crippen molar-refractivity contribution in [3.05, 3.63) is 48.3 Å². The first kappa shape index (κ1) is 9.22. The molecule has 15 heavy (non-hydrogen) atoms. The molecule has 0 atom stereocenters. The van der Waals surface area contributed by atoms with Crippen molar-refractivity contribution < 1.29 is 0 Å². The molecule has 1 heterocycles. The third-order valence-electron chi connectivity index (χ3n) is 2.16. The van der Waals surface area contributed by atoms with E-state index in [0.717, 1.165) is 11.1 Å². The van der Waals surface area contributed by atoms with Crippen LogP contribution in [0.15, 0.2) is 42.7 Å². The van der Waals surface area contributed by atoms with E-state index in [-0.39, 0.29) is 0 Å². The minimum Gasteiger partial charge on any atom is -0.399 e. The van der Waals surface area contributed by atoms with Crippen LogP contribution in [-0.2, 0) is 0 Å². The molecule has 72 valence electrons. The van der Waals surface area contributed by atoms with E-state index in [4.69, 9.17) is 11.0 Å². The number of pyridine rings is 1. The van der Waals surface area contributed by atoms with Gasteiger partial charge in [0.2, 0.25) is 0 Å². The Morgan fingerprint density at radius 3 is 2.53 bits per heavy atom. The zero-order chi connectivity index (χ0) is 10.7. The zero-order valence-electron chi connectivity index (χ0n) is 8.01. The fraction of sp³-hybridized carbons (Fsp3) is 0. The Morgan fingerprint density at radius 1 is 1.13 bits per heavy atom. The lowest BCUT2D eigenvalue weighted by atomic mass is 10.0. The summed E-state index contributed by atoms with van der Waals surface area (Å²) in [6.45, 7) is 0. The molecule has 0 spiro atoms. The van der Waals surface area contributed by atoms with E-state index in [2.05, 4.69) is 11.1 Å². The predicted molar refractivity (Wildman–Crippen MR) is 58.8 cm³/mol. The van der Waals surface area contributed by atoms with Crippen molar-refractivity contribution in [2.75, 3.05) is 5.73 Å². The van der Waals surface area contributed by atoms with Crippen LogP contribution < -0.4 is 5.73 Å². The minimum atomic E-state index is 0.584. The van der Waals surface area contributed by atoms with Gasteiger partial charge >= 0.3 is 0 Å². The van der Waals surface area contributed by atoms with Gasteiger partial charge in [0.1, 0.15) is 0 Å². The van der Waals surface area contributed by atoms with Gasteiger partial charge in [0.25, 0.3) is 0 Å². The molecule has 0 aliphatic rings. The summed E-state index contributed by atoms with van der Waals surface area (Å²) in [5, 5.41) is 8.98. The molecule has 3 nitrogen and oxygen atoms in total. The lowest BCUT2D eigenvalue weighted by Crippen LogP contribution is -1.89. The SMILES string of the molecule is N#Cc1cc(N)ccc1-c1ccncc1. The maximum atomic E-state index is 8.98. The number of hydrogen-bond donors (Lipinski definition) is 1. The number of nitrogens with zero attached hydrogens (tertiary/aromatic N) is 2. The fourth-order valence-electron chi connectivity index (χ4n) is 1.44. The number of aromatic nitrogens is 1. The van der Waals surface area contributed by atoms with Gasteiger partial charge < -0.3 is 5.73 Å². The molecular weight excluding hydrogens is 186 g/mol. The number of rotatable bonds is 1. The number of nitrogens with two attached hydrogens (primary N) is 1. The zero-order valence-corrected chi connectivity index (χ0v) is 8.01. The highest BCUT2D eigenvalue weighted by Crippen LogP contribution is 2.24. The largest absolute Gasteiger partial charge is 0.399 e. The smallest absolute Gasteiger partial charge is 0.0998 e. The lowest BCUT2D eigenvalue weighted by Gasteiger charge is -2.04. The summed E-state index contributed by atoms with van der Waals surface area (Å²) in [6.07, 6.45) is 3.40. The van der Waals surface area contributed by atoms with Crippen molar-refractivity contribution in [1.29, 1.82) is 5.26 Å². The number of hydrogen-bond acceptors (Lipinski definition) is 3. The average molecular weight is 195 g/mol. The highest BCUT2D eigenvalue weighted by atomic mass is 14.6. The molecule has 0 amide bonds. The lowest BCUT2D eigenvalue weighted by molar-refractivity contribution is 1.33. The highest BCUT2D eigenvalue weighted by molar-refractivity contribution is 5.72. The van der Waals surface area contributed by atoms with Crippen LogP contribution in [0, 0.1) is 11.3 Å². The fourth-order valence-corrected chi connectivity index (χ4v) is 1.44. The molecule has 2 N–H and O–H groups in total. The Balaban J connectivity index is 2.60. The Hall–Kier alpha value is -2.34. The normalized spacial score (nSPS) is 9.53. The first-order valence-corrected chi connectivity index (χ1v) is 4.51. The molecule has 0 aliphatic heterocycles. The first-order chi connectivity index (χ1) is 7.31. The van der Waals surface area contributed by atoms with Gasteiger partial charge in [-0.1, -0.05) is 6.07 Å². The van der Waals surface area contributed by atoms with Crippen LogP contribution in [0.3, 0.4) is 0 Å². The van der Waals surface area contributed by atoms with Gasteiger partial charge in [0.05, 0.1) is 11.6 Å². The second-order valence-corrected chi connectivity index (χ2v) is 3.15.